The third kappa shape index (κ3) is 11.4. The Bertz CT molecular complexity index is 2570. The minimum atomic E-state index is -0.576. The van der Waals surface area contributed by atoms with E-state index in [1.165, 1.54) is 44.0 Å². The number of hydrogen-bond donors (Lipinski definition) is 4. The molecule has 0 atom stereocenters. The van der Waals surface area contributed by atoms with Crippen LogP contribution in [0.25, 0.3) is 11.0 Å². The first kappa shape index (κ1) is 42.9. The number of nitriles is 1. The molecule has 0 unspecified atom stereocenters. The highest BCUT2D eigenvalue weighted by atomic mass is 16.5. The van der Waals surface area contributed by atoms with E-state index < -0.39 is 11.7 Å². The third-order valence-corrected chi connectivity index (χ3v) is 8.44. The summed E-state index contributed by atoms with van der Waals surface area (Å²) in [6.07, 6.45) is 4.47. The van der Waals surface area contributed by atoms with Crippen LogP contribution in [-0.2, 0) is 17.6 Å². The Morgan fingerprint density at radius 2 is 1.38 bits per heavy atom. The van der Waals surface area contributed by atoms with Crippen LogP contribution in [0.3, 0.4) is 0 Å². The first-order valence-electron chi connectivity index (χ1n) is 17.7. The molecule has 4 aromatic carbocycles. The van der Waals surface area contributed by atoms with Gasteiger partial charge >= 0.3 is 0 Å². The Morgan fingerprint density at radius 3 is 1.95 bits per heavy atom. The van der Waals surface area contributed by atoms with Crippen LogP contribution in [0.4, 0.5) is 11.4 Å². The van der Waals surface area contributed by atoms with Crippen molar-refractivity contribution in [3.8, 4) is 23.3 Å². The van der Waals surface area contributed by atoms with Gasteiger partial charge in [0.05, 0.1) is 42.4 Å². The lowest BCUT2D eigenvalue weighted by atomic mass is 10.0. The average Bonchev–Trinajstić information content (AvgIpc) is 3.25. The molecule has 0 aliphatic rings. The van der Waals surface area contributed by atoms with Gasteiger partial charge in [-0.25, -0.2) is 0 Å². The summed E-state index contributed by atoms with van der Waals surface area (Å²) in [5.41, 5.74) is 3.31. The number of phenolic OH excluding ortho intramolecular Hbond substituents is 1. The van der Waals surface area contributed by atoms with Gasteiger partial charge in [-0.05, 0) is 90.7 Å². The minimum Gasteiger partial charge on any atom is -0.507 e. The Morgan fingerprint density at radius 1 is 0.793 bits per heavy atom. The number of amides is 2. The molecule has 0 saturated carbocycles. The van der Waals surface area contributed by atoms with E-state index in [1.54, 1.807) is 36.4 Å². The molecule has 58 heavy (non-hydrogen) atoms. The van der Waals surface area contributed by atoms with Crippen molar-refractivity contribution in [2.24, 2.45) is 0 Å². The molecule has 14 heteroatoms. The predicted molar refractivity (Wildman–Crippen MR) is 216 cm³/mol. The molecule has 2 amide bonds. The van der Waals surface area contributed by atoms with Crippen LogP contribution in [0.5, 0.6) is 17.2 Å². The van der Waals surface area contributed by atoms with Crippen molar-refractivity contribution < 1.29 is 42.6 Å². The standard InChI is InChI=1S/C22H20N2O5.C11H12N2O.C11H8O4/c1-3-13-4-6-15(7-5-13)24-22(27)18-10-14(12-29-21(18)23)20(26)17-11-16(28-2)8-9-19(17)25;1-2-9-3-5-10(6-4-9)13-11(14)7-8-12;1-14-8-2-3-10-9(4-8)11(13)7(5-12)6-15-10/h4-12,23,25H,3H2,1-2H3,(H,24,27);3-6H,2,7H2,1H3,(H,13,14);2-6H,1H3. The second kappa shape index (κ2) is 20.8. The second-order valence-corrected chi connectivity index (χ2v) is 12.2. The average molecular weight is 785 g/mol. The molecule has 0 radical (unpaired) electrons. The van der Waals surface area contributed by atoms with Crippen LogP contribution in [-0.4, -0.2) is 43.2 Å². The zero-order valence-electron chi connectivity index (χ0n) is 32.1. The van der Waals surface area contributed by atoms with Gasteiger partial charge in [-0.2, -0.15) is 5.26 Å². The van der Waals surface area contributed by atoms with E-state index >= 15 is 0 Å². The van der Waals surface area contributed by atoms with E-state index in [2.05, 4.69) is 17.6 Å². The molecule has 0 aliphatic carbocycles. The molecule has 6 rings (SSSR count). The van der Waals surface area contributed by atoms with E-state index in [0.29, 0.717) is 34.4 Å². The molecule has 296 valence electrons. The van der Waals surface area contributed by atoms with Gasteiger partial charge in [-0.1, -0.05) is 38.1 Å². The number of nitrogens with zero attached hydrogens (tertiary/aromatic N) is 1. The molecule has 0 spiro atoms. The topological polar surface area (TPSA) is 222 Å². The third-order valence-electron chi connectivity index (χ3n) is 8.44. The van der Waals surface area contributed by atoms with E-state index in [9.17, 15) is 29.1 Å². The highest BCUT2D eigenvalue weighted by Gasteiger charge is 2.19. The lowest BCUT2D eigenvalue weighted by Crippen LogP contribution is -2.22. The normalized spacial score (nSPS) is 10.1. The summed E-state index contributed by atoms with van der Waals surface area (Å²) in [7, 11) is 2.95. The fraction of sp³-hybridized carbons (Fsp3) is 0.159. The number of rotatable bonds is 11. The van der Waals surface area contributed by atoms with Gasteiger partial charge in [0.25, 0.3) is 5.91 Å². The Hall–Kier alpha value is -7.79. The van der Waals surface area contributed by atoms with Crippen molar-refractivity contribution in [2.45, 2.75) is 33.1 Å². The molecule has 2 heterocycles. The minimum absolute atomic E-state index is 0.00112. The summed E-state index contributed by atoms with van der Waals surface area (Å²) in [6.45, 7) is 4.10. The molecular formula is C44H40N4O10. The lowest BCUT2D eigenvalue weighted by Gasteiger charge is -2.09. The molecule has 14 nitrogen and oxygen atoms in total. The van der Waals surface area contributed by atoms with Crippen LogP contribution < -0.4 is 31.1 Å². The number of carbonyl (C=O) groups excluding carboxylic acids is 4. The fourth-order valence-corrected chi connectivity index (χ4v) is 5.16. The number of aromatic hydroxyl groups is 1. The molecule has 0 fully saturated rings. The second-order valence-electron chi connectivity index (χ2n) is 12.2. The molecule has 0 aliphatic heterocycles. The predicted octanol–water partition coefficient (Wildman–Crippen LogP) is 7.23. The zero-order valence-corrected chi connectivity index (χ0v) is 32.1. The van der Waals surface area contributed by atoms with Crippen LogP contribution in [0.1, 0.15) is 68.0 Å². The monoisotopic (exact) mass is 784 g/mol. The number of phenols is 1. The van der Waals surface area contributed by atoms with Crippen molar-refractivity contribution in [1.82, 2.24) is 0 Å². The Kier molecular flexibility index (Phi) is 15.4. The molecule has 0 bridgehead atoms. The van der Waals surface area contributed by atoms with Crippen molar-refractivity contribution in [2.75, 3.05) is 24.9 Å². The lowest BCUT2D eigenvalue weighted by molar-refractivity contribution is -0.115. The van der Waals surface area contributed by atoms with Gasteiger partial charge in [0.15, 0.2) is 12.1 Å². The van der Waals surface area contributed by atoms with Gasteiger partial charge in [-0.3, -0.25) is 29.4 Å². The van der Waals surface area contributed by atoms with Gasteiger partial charge in [0.2, 0.25) is 16.9 Å². The number of aldehydes is 1. The van der Waals surface area contributed by atoms with Crippen LogP contribution in [0.15, 0.2) is 117 Å². The molecule has 6 aromatic rings. The fourth-order valence-electron chi connectivity index (χ4n) is 5.16. The molecule has 0 saturated heterocycles. The number of carbonyl (C=O) groups is 4. The number of benzene rings is 4. The largest absolute Gasteiger partial charge is 0.507 e. The van der Waals surface area contributed by atoms with Crippen LogP contribution in [0.2, 0.25) is 0 Å². The number of nitrogens with one attached hydrogen (secondary N) is 3. The number of hydrogen-bond acceptors (Lipinski definition) is 12. The van der Waals surface area contributed by atoms with Crippen molar-refractivity contribution in [1.29, 1.82) is 10.7 Å². The number of ether oxygens (including phenoxy) is 2. The maximum absolute atomic E-state index is 12.8. The highest BCUT2D eigenvalue weighted by Crippen LogP contribution is 2.26. The summed E-state index contributed by atoms with van der Waals surface area (Å²) >= 11 is 0. The summed E-state index contributed by atoms with van der Waals surface area (Å²) in [4.78, 5) is 58.6. The summed E-state index contributed by atoms with van der Waals surface area (Å²) in [5, 5.41) is 31.8. The van der Waals surface area contributed by atoms with Gasteiger partial charge in [0, 0.05) is 11.4 Å². The van der Waals surface area contributed by atoms with Crippen LogP contribution in [0, 0.1) is 16.7 Å². The zero-order chi connectivity index (χ0) is 42.2. The Labute approximate surface area is 332 Å². The summed E-state index contributed by atoms with van der Waals surface area (Å²) in [5.74, 6) is -0.685. The van der Waals surface area contributed by atoms with Crippen LogP contribution >= 0.6 is 0 Å². The Balaban J connectivity index is 0.000000215. The smallest absolute Gasteiger partial charge is 0.261 e. The number of aryl methyl sites for hydroxylation is 2. The van der Waals surface area contributed by atoms with Gasteiger partial charge in [0.1, 0.15) is 47.3 Å². The maximum Gasteiger partial charge on any atom is 0.261 e. The maximum atomic E-state index is 12.8. The first-order chi connectivity index (χ1) is 27.9. The van der Waals surface area contributed by atoms with E-state index in [1.807, 2.05) is 43.3 Å². The van der Waals surface area contributed by atoms with E-state index in [0.717, 1.165) is 36.6 Å². The van der Waals surface area contributed by atoms with Crippen molar-refractivity contribution >= 4 is 46.2 Å². The van der Waals surface area contributed by atoms with E-state index in [-0.39, 0.29) is 51.3 Å². The summed E-state index contributed by atoms with van der Waals surface area (Å²) in [6, 6.07) is 27.1. The molecular weight excluding hydrogens is 745 g/mol. The number of fused-ring (bicyclic) bond motifs is 1. The number of anilines is 2. The summed E-state index contributed by atoms with van der Waals surface area (Å²) < 4.78 is 20.3. The SMILES string of the molecule is CCc1ccc(NC(=O)CC#N)cc1.CCc1ccc(NC(=O)c2cc(C(=O)c3cc(OC)ccc3O)coc2=N)cc1.COc1ccc2occ(C=O)c(=O)c2c1. The highest BCUT2D eigenvalue weighted by molar-refractivity contribution is 6.12. The van der Waals surface area contributed by atoms with Crippen molar-refractivity contribution in [3.63, 3.8) is 0 Å². The molecule has 2 aromatic heterocycles. The number of ketones is 1. The number of methoxy groups -OCH3 is 2. The molecule has 4 N–H and O–H groups in total. The van der Waals surface area contributed by atoms with E-state index in [4.69, 9.17) is 29.0 Å². The van der Waals surface area contributed by atoms with Gasteiger partial charge < -0.3 is 34.0 Å². The first-order valence-corrected chi connectivity index (χ1v) is 17.7. The van der Waals surface area contributed by atoms with Gasteiger partial charge in [-0.15, -0.1) is 0 Å². The quantitative estimate of drug-likeness (QED) is 0.0757. The van der Waals surface area contributed by atoms with Crippen molar-refractivity contribution in [3.05, 3.63) is 153 Å².